The van der Waals surface area contributed by atoms with Gasteiger partial charge in [0.2, 0.25) is 0 Å². The molecule has 2 saturated carbocycles. The van der Waals surface area contributed by atoms with Crippen LogP contribution >= 0.6 is 0 Å². The summed E-state index contributed by atoms with van der Waals surface area (Å²) in [7, 11) is 0. The summed E-state index contributed by atoms with van der Waals surface area (Å²) in [6.07, 6.45) is -0.392. The van der Waals surface area contributed by atoms with Crippen LogP contribution in [0.15, 0.2) is 30.3 Å². The second-order valence-electron chi connectivity index (χ2n) is 7.65. The van der Waals surface area contributed by atoms with Gasteiger partial charge in [0.15, 0.2) is 0 Å². The van der Waals surface area contributed by atoms with Gasteiger partial charge in [-0.15, -0.1) is 0 Å². The van der Waals surface area contributed by atoms with Gasteiger partial charge in [0.25, 0.3) is 0 Å². The normalized spacial score (nSPS) is 37.5. The van der Waals surface area contributed by atoms with Crippen LogP contribution in [0.3, 0.4) is 0 Å². The van der Waals surface area contributed by atoms with E-state index in [0.29, 0.717) is 5.56 Å². The Bertz CT molecular complexity index is 818. The highest BCUT2D eigenvalue weighted by molar-refractivity contribution is 5.94. The minimum Gasteiger partial charge on any atom is -0.481 e. The predicted octanol–water partition coefficient (Wildman–Crippen LogP) is 1.54. The Morgan fingerprint density at radius 2 is 1.44 bits per heavy atom. The molecule has 0 aromatic heterocycles. The van der Waals surface area contributed by atoms with E-state index in [1.165, 1.54) is 12.1 Å². The van der Waals surface area contributed by atoms with Crippen LogP contribution in [0, 0.1) is 29.1 Å². The fraction of sp³-hybridized carbons (Fsp3) is 0.474. The first-order chi connectivity index (χ1) is 12.6. The van der Waals surface area contributed by atoms with Crippen LogP contribution in [-0.4, -0.2) is 44.3 Å². The van der Waals surface area contributed by atoms with Crippen molar-refractivity contribution in [2.75, 3.05) is 0 Å². The lowest BCUT2D eigenvalue weighted by Gasteiger charge is -2.68. The monoisotopic (exact) mass is 376 g/mol. The first-order valence-corrected chi connectivity index (χ1v) is 8.56. The third-order valence-corrected chi connectivity index (χ3v) is 6.69. The summed E-state index contributed by atoms with van der Waals surface area (Å²) in [5.41, 5.74) is -2.72. The number of carboxylic acid groups (broad SMARTS) is 4. The highest BCUT2D eigenvalue weighted by atomic mass is 16.4. The summed E-state index contributed by atoms with van der Waals surface area (Å²) in [5.74, 6) is -9.87. The second-order valence-corrected chi connectivity index (χ2v) is 7.65. The van der Waals surface area contributed by atoms with Gasteiger partial charge in [-0.3, -0.25) is 19.2 Å². The van der Waals surface area contributed by atoms with Crippen molar-refractivity contribution < 1.29 is 39.6 Å². The van der Waals surface area contributed by atoms with E-state index in [2.05, 4.69) is 0 Å². The Labute approximate surface area is 154 Å². The molecule has 8 nitrogen and oxygen atoms in total. The first-order valence-electron chi connectivity index (χ1n) is 8.56. The molecule has 0 aliphatic heterocycles. The van der Waals surface area contributed by atoms with Gasteiger partial charge in [-0.05, 0) is 29.7 Å². The second kappa shape index (κ2) is 6.07. The molecule has 1 aromatic rings. The zero-order valence-electron chi connectivity index (χ0n) is 14.5. The van der Waals surface area contributed by atoms with Crippen LogP contribution < -0.4 is 0 Å². The van der Waals surface area contributed by atoms with Gasteiger partial charge in [0.1, 0.15) is 5.41 Å². The highest BCUT2D eigenvalue weighted by Gasteiger charge is 2.78. The summed E-state index contributed by atoms with van der Waals surface area (Å²) in [6.45, 7) is 1.58. The van der Waals surface area contributed by atoms with Gasteiger partial charge >= 0.3 is 23.9 Å². The van der Waals surface area contributed by atoms with E-state index in [4.69, 9.17) is 0 Å². The van der Waals surface area contributed by atoms with Crippen LogP contribution in [0.2, 0.25) is 0 Å². The van der Waals surface area contributed by atoms with Crippen molar-refractivity contribution in [3.8, 4) is 0 Å². The molecule has 0 spiro atoms. The van der Waals surface area contributed by atoms with E-state index in [1.807, 2.05) is 0 Å². The van der Waals surface area contributed by atoms with Gasteiger partial charge in [-0.25, -0.2) is 0 Å². The van der Waals surface area contributed by atoms with E-state index >= 15 is 0 Å². The van der Waals surface area contributed by atoms with Crippen LogP contribution in [0.4, 0.5) is 0 Å². The van der Waals surface area contributed by atoms with Gasteiger partial charge in [-0.1, -0.05) is 37.3 Å². The molecule has 0 amide bonds. The van der Waals surface area contributed by atoms with Crippen molar-refractivity contribution in [2.24, 2.45) is 29.1 Å². The van der Waals surface area contributed by atoms with Crippen LogP contribution in [0.5, 0.6) is 0 Å². The number of benzene rings is 1. The molecule has 1 aromatic carbocycles. The fourth-order valence-corrected chi connectivity index (χ4v) is 5.57. The maximum absolute atomic E-state index is 12.4. The molecule has 0 radical (unpaired) electrons. The zero-order chi connectivity index (χ0) is 20.1. The fourth-order valence-electron chi connectivity index (χ4n) is 5.57. The number of aliphatic carboxylic acids is 4. The van der Waals surface area contributed by atoms with Gasteiger partial charge in [0.05, 0.1) is 17.8 Å². The van der Waals surface area contributed by atoms with E-state index < -0.39 is 58.4 Å². The molecule has 2 aliphatic rings. The zero-order valence-corrected chi connectivity index (χ0v) is 14.5. The van der Waals surface area contributed by atoms with Gasteiger partial charge < -0.3 is 20.4 Å². The van der Waals surface area contributed by atoms with Crippen molar-refractivity contribution in [1.82, 2.24) is 0 Å². The van der Waals surface area contributed by atoms with Crippen LogP contribution in [0.25, 0.3) is 0 Å². The summed E-state index contributed by atoms with van der Waals surface area (Å²) >= 11 is 0. The Hall–Kier alpha value is -2.90. The number of carbonyl (C=O) groups is 4. The number of carboxylic acids is 4. The number of fused-ring (bicyclic) bond motifs is 1. The maximum Gasteiger partial charge on any atom is 0.315 e. The van der Waals surface area contributed by atoms with E-state index in [1.54, 1.807) is 25.1 Å². The third-order valence-electron chi connectivity index (χ3n) is 6.69. The average molecular weight is 376 g/mol. The quantitative estimate of drug-likeness (QED) is 0.604. The molecular formula is C19H20O8. The minimum absolute atomic E-state index is 0.179. The van der Waals surface area contributed by atoms with E-state index in [9.17, 15) is 39.6 Å². The average Bonchev–Trinajstić information content (AvgIpc) is 2.57. The molecule has 0 bridgehead atoms. The van der Waals surface area contributed by atoms with Gasteiger partial charge in [0, 0.05) is 0 Å². The molecule has 6 unspecified atom stereocenters. The number of hydrogen-bond acceptors (Lipinski definition) is 4. The molecule has 4 N–H and O–H groups in total. The van der Waals surface area contributed by atoms with Crippen LogP contribution in [0.1, 0.15) is 25.3 Å². The SMILES string of the molecule is CC12CC(C(=O)O)C(C(=O)O)CC1C(C(=O)O)C2(C(=O)O)c1ccccc1. The van der Waals surface area contributed by atoms with Crippen molar-refractivity contribution in [1.29, 1.82) is 0 Å². The summed E-state index contributed by atoms with van der Waals surface area (Å²) < 4.78 is 0. The molecule has 3 rings (SSSR count). The van der Waals surface area contributed by atoms with Crippen molar-refractivity contribution in [3.05, 3.63) is 35.9 Å². The Balaban J connectivity index is 2.20. The topological polar surface area (TPSA) is 149 Å². The molecule has 27 heavy (non-hydrogen) atoms. The third kappa shape index (κ3) is 2.28. The first kappa shape index (κ1) is 18.9. The molecule has 144 valence electrons. The van der Waals surface area contributed by atoms with Crippen LogP contribution in [-0.2, 0) is 24.6 Å². The number of rotatable bonds is 5. The van der Waals surface area contributed by atoms with E-state index in [-0.39, 0.29) is 12.8 Å². The number of hydrogen-bond donors (Lipinski definition) is 4. The van der Waals surface area contributed by atoms with Crippen molar-refractivity contribution in [2.45, 2.75) is 25.2 Å². The van der Waals surface area contributed by atoms with Gasteiger partial charge in [-0.2, -0.15) is 0 Å². The predicted molar refractivity (Wildman–Crippen MR) is 90.0 cm³/mol. The molecular weight excluding hydrogens is 356 g/mol. The Morgan fingerprint density at radius 1 is 0.889 bits per heavy atom. The lowest BCUT2D eigenvalue weighted by atomic mass is 9.32. The van der Waals surface area contributed by atoms with E-state index in [0.717, 1.165) is 0 Å². The minimum atomic E-state index is -1.82. The largest absolute Gasteiger partial charge is 0.481 e. The van der Waals surface area contributed by atoms with Crippen molar-refractivity contribution >= 4 is 23.9 Å². The Morgan fingerprint density at radius 3 is 1.89 bits per heavy atom. The maximum atomic E-state index is 12.4. The highest BCUT2D eigenvalue weighted by Crippen LogP contribution is 2.71. The summed E-state index contributed by atoms with van der Waals surface area (Å²) in [4.78, 5) is 47.7. The molecule has 0 heterocycles. The molecule has 2 fully saturated rings. The standard InChI is InChI=1S/C19H20O8/c1-18-8-11(15(22)23)10(14(20)21)7-12(18)13(16(24)25)19(18,17(26)27)9-5-3-2-4-6-9/h2-6,10-13H,7-8H2,1H3,(H,20,21)(H,22,23)(H,24,25)(H,26,27). The molecule has 2 aliphatic carbocycles. The smallest absolute Gasteiger partial charge is 0.315 e. The summed E-state index contributed by atoms with van der Waals surface area (Å²) in [6, 6.07) is 7.95. The lowest BCUT2D eigenvalue weighted by Crippen LogP contribution is -2.75. The van der Waals surface area contributed by atoms with Crippen molar-refractivity contribution in [3.63, 3.8) is 0 Å². The molecule has 6 atom stereocenters. The Kier molecular flexibility index (Phi) is 4.25. The summed E-state index contributed by atoms with van der Waals surface area (Å²) in [5, 5.41) is 38.9. The lowest BCUT2D eigenvalue weighted by molar-refractivity contribution is -0.223. The molecule has 8 heteroatoms. The molecule has 0 saturated heterocycles.